The summed E-state index contributed by atoms with van der Waals surface area (Å²) in [5.41, 5.74) is 1.74. The Balaban J connectivity index is 2.49. The van der Waals surface area contributed by atoms with Crippen LogP contribution >= 0.6 is 0 Å². The second-order valence-corrected chi connectivity index (χ2v) is 4.51. The molecule has 0 aliphatic rings. The summed E-state index contributed by atoms with van der Waals surface area (Å²) in [5.74, 6) is -1.46. The van der Waals surface area contributed by atoms with E-state index in [2.05, 4.69) is 16.0 Å². The molecule has 0 heterocycles. The van der Waals surface area contributed by atoms with Crippen LogP contribution < -0.4 is 16.0 Å². The summed E-state index contributed by atoms with van der Waals surface area (Å²) in [6.07, 6.45) is 0.479. The largest absolute Gasteiger partial charge is 0.481 e. The first-order valence-electron chi connectivity index (χ1n) is 6.58. The van der Waals surface area contributed by atoms with Gasteiger partial charge < -0.3 is 21.1 Å². The number of aliphatic carboxylic acids is 1. The first-order valence-corrected chi connectivity index (χ1v) is 6.58. The van der Waals surface area contributed by atoms with Gasteiger partial charge in [0, 0.05) is 18.8 Å². The lowest BCUT2D eigenvalue weighted by Gasteiger charge is -2.12. The summed E-state index contributed by atoms with van der Waals surface area (Å²) in [7, 11) is 1.85. The monoisotopic (exact) mass is 279 g/mol. The maximum Gasteiger partial charge on any atom is 0.319 e. The predicted molar refractivity (Wildman–Crippen MR) is 77.6 cm³/mol. The van der Waals surface area contributed by atoms with Crippen molar-refractivity contribution in [2.75, 3.05) is 18.9 Å². The highest BCUT2D eigenvalue weighted by molar-refractivity contribution is 5.89. The zero-order valence-corrected chi connectivity index (χ0v) is 11.8. The fourth-order valence-corrected chi connectivity index (χ4v) is 1.76. The van der Waals surface area contributed by atoms with E-state index in [4.69, 9.17) is 5.11 Å². The highest BCUT2D eigenvalue weighted by atomic mass is 16.4. The third-order valence-corrected chi connectivity index (χ3v) is 2.92. The lowest BCUT2D eigenvalue weighted by Crippen LogP contribution is -2.35. The van der Waals surface area contributed by atoms with Crippen molar-refractivity contribution < 1.29 is 14.7 Å². The maximum atomic E-state index is 11.7. The Morgan fingerprint density at radius 2 is 2.10 bits per heavy atom. The van der Waals surface area contributed by atoms with Crippen LogP contribution in [0.3, 0.4) is 0 Å². The molecule has 0 aliphatic heterocycles. The molecule has 20 heavy (non-hydrogen) atoms. The van der Waals surface area contributed by atoms with E-state index in [0.717, 1.165) is 5.56 Å². The smallest absolute Gasteiger partial charge is 0.319 e. The number of nitrogens with one attached hydrogen (secondary N) is 3. The Hall–Kier alpha value is -2.08. The average Bonchev–Trinajstić information content (AvgIpc) is 2.39. The quantitative estimate of drug-likeness (QED) is 0.610. The standard InChI is InChI=1S/C14H21N3O3/c1-3-11(13(18)19)9-16-14(20)17-12-6-4-5-10(7-12)8-15-2/h4-7,11,15H,3,8-9H2,1-2H3,(H,18,19)(H2,16,17,20). The normalized spacial score (nSPS) is 11.7. The number of carbonyl (C=O) groups excluding carboxylic acids is 1. The van der Waals surface area contributed by atoms with Crippen LogP contribution in [0.2, 0.25) is 0 Å². The fourth-order valence-electron chi connectivity index (χ4n) is 1.76. The Morgan fingerprint density at radius 3 is 2.70 bits per heavy atom. The molecule has 1 aromatic carbocycles. The van der Waals surface area contributed by atoms with E-state index in [1.54, 1.807) is 13.0 Å². The van der Waals surface area contributed by atoms with Crippen LogP contribution in [0, 0.1) is 5.92 Å². The molecule has 0 aliphatic carbocycles. The molecule has 1 aromatic rings. The molecule has 6 heteroatoms. The first-order chi connectivity index (χ1) is 9.56. The number of urea groups is 1. The van der Waals surface area contributed by atoms with Gasteiger partial charge in [0.1, 0.15) is 0 Å². The summed E-state index contributed by atoms with van der Waals surface area (Å²) in [4.78, 5) is 22.5. The molecular formula is C14H21N3O3. The van der Waals surface area contributed by atoms with Gasteiger partial charge in [-0.15, -0.1) is 0 Å². The van der Waals surface area contributed by atoms with Crippen molar-refractivity contribution in [2.24, 2.45) is 5.92 Å². The zero-order valence-electron chi connectivity index (χ0n) is 11.8. The third-order valence-electron chi connectivity index (χ3n) is 2.92. The molecule has 0 aromatic heterocycles. The van der Waals surface area contributed by atoms with E-state index < -0.39 is 17.9 Å². The van der Waals surface area contributed by atoms with E-state index >= 15 is 0 Å². The SMILES string of the molecule is CCC(CNC(=O)Nc1cccc(CNC)c1)C(=O)O. The highest BCUT2D eigenvalue weighted by Crippen LogP contribution is 2.10. The summed E-state index contributed by atoms with van der Waals surface area (Å²) in [6, 6.07) is 7.06. The number of hydrogen-bond acceptors (Lipinski definition) is 3. The van der Waals surface area contributed by atoms with Crippen molar-refractivity contribution >= 4 is 17.7 Å². The molecule has 0 spiro atoms. The molecule has 2 amide bonds. The summed E-state index contributed by atoms with van der Waals surface area (Å²) in [6.45, 7) is 2.61. The van der Waals surface area contributed by atoms with Crippen LogP contribution in [0.4, 0.5) is 10.5 Å². The van der Waals surface area contributed by atoms with Crippen molar-refractivity contribution in [3.8, 4) is 0 Å². The zero-order chi connectivity index (χ0) is 15.0. The number of carboxylic acid groups (broad SMARTS) is 1. The number of carboxylic acids is 1. The van der Waals surface area contributed by atoms with Crippen LogP contribution in [0.1, 0.15) is 18.9 Å². The van der Waals surface area contributed by atoms with Gasteiger partial charge in [-0.25, -0.2) is 4.79 Å². The summed E-state index contributed by atoms with van der Waals surface area (Å²) >= 11 is 0. The number of carbonyl (C=O) groups is 2. The number of anilines is 1. The van der Waals surface area contributed by atoms with E-state index in [9.17, 15) is 9.59 Å². The molecule has 0 saturated heterocycles. The number of benzene rings is 1. The van der Waals surface area contributed by atoms with E-state index in [0.29, 0.717) is 18.7 Å². The molecule has 0 saturated carbocycles. The van der Waals surface area contributed by atoms with Crippen molar-refractivity contribution in [1.29, 1.82) is 0 Å². The molecule has 1 unspecified atom stereocenters. The van der Waals surface area contributed by atoms with Crippen molar-refractivity contribution in [3.05, 3.63) is 29.8 Å². The second kappa shape index (κ2) is 8.16. The van der Waals surface area contributed by atoms with Gasteiger partial charge in [0.05, 0.1) is 5.92 Å². The van der Waals surface area contributed by atoms with Gasteiger partial charge in [-0.3, -0.25) is 4.79 Å². The summed E-state index contributed by atoms with van der Waals surface area (Å²) in [5, 5.41) is 17.2. The van der Waals surface area contributed by atoms with E-state index in [1.165, 1.54) is 0 Å². The Kier molecular flexibility index (Phi) is 6.52. The highest BCUT2D eigenvalue weighted by Gasteiger charge is 2.15. The predicted octanol–water partition coefficient (Wildman–Crippen LogP) is 1.64. The number of hydrogen-bond donors (Lipinski definition) is 4. The molecular weight excluding hydrogens is 258 g/mol. The van der Waals surface area contributed by atoms with Gasteiger partial charge in [-0.2, -0.15) is 0 Å². The van der Waals surface area contributed by atoms with Crippen LogP contribution in [-0.4, -0.2) is 30.7 Å². The third kappa shape index (κ3) is 5.27. The average molecular weight is 279 g/mol. The number of rotatable bonds is 7. The lowest BCUT2D eigenvalue weighted by atomic mass is 10.1. The van der Waals surface area contributed by atoms with E-state index in [1.807, 2.05) is 25.2 Å². The summed E-state index contributed by atoms with van der Waals surface area (Å²) < 4.78 is 0. The Bertz CT molecular complexity index is 463. The van der Waals surface area contributed by atoms with Gasteiger partial charge in [0.25, 0.3) is 0 Å². The second-order valence-electron chi connectivity index (χ2n) is 4.51. The minimum absolute atomic E-state index is 0.119. The number of amides is 2. The van der Waals surface area contributed by atoms with Gasteiger partial charge in [0.15, 0.2) is 0 Å². The van der Waals surface area contributed by atoms with Crippen LogP contribution in [-0.2, 0) is 11.3 Å². The minimum atomic E-state index is -0.899. The van der Waals surface area contributed by atoms with Gasteiger partial charge >= 0.3 is 12.0 Å². The van der Waals surface area contributed by atoms with Crippen molar-refractivity contribution in [3.63, 3.8) is 0 Å². The Labute approximate surface area is 118 Å². The van der Waals surface area contributed by atoms with Crippen molar-refractivity contribution in [1.82, 2.24) is 10.6 Å². The first kappa shape index (κ1) is 16.0. The molecule has 110 valence electrons. The molecule has 0 radical (unpaired) electrons. The molecule has 0 fully saturated rings. The molecule has 0 bridgehead atoms. The lowest BCUT2D eigenvalue weighted by molar-refractivity contribution is -0.141. The topological polar surface area (TPSA) is 90.5 Å². The molecule has 1 rings (SSSR count). The minimum Gasteiger partial charge on any atom is -0.481 e. The van der Waals surface area contributed by atoms with Gasteiger partial charge in [-0.05, 0) is 31.2 Å². The Morgan fingerprint density at radius 1 is 1.35 bits per heavy atom. The van der Waals surface area contributed by atoms with Crippen LogP contribution in [0.15, 0.2) is 24.3 Å². The molecule has 4 N–H and O–H groups in total. The van der Waals surface area contributed by atoms with Gasteiger partial charge in [-0.1, -0.05) is 19.1 Å². The van der Waals surface area contributed by atoms with Crippen molar-refractivity contribution in [2.45, 2.75) is 19.9 Å². The van der Waals surface area contributed by atoms with Crippen LogP contribution in [0.5, 0.6) is 0 Å². The molecule has 6 nitrogen and oxygen atoms in total. The van der Waals surface area contributed by atoms with E-state index in [-0.39, 0.29) is 6.54 Å². The van der Waals surface area contributed by atoms with Crippen LogP contribution in [0.25, 0.3) is 0 Å². The maximum absolute atomic E-state index is 11.7. The molecule has 1 atom stereocenters. The fraction of sp³-hybridized carbons (Fsp3) is 0.429. The van der Waals surface area contributed by atoms with Gasteiger partial charge in [0.2, 0.25) is 0 Å².